The second-order valence-electron chi connectivity index (χ2n) is 15.5. The Morgan fingerprint density at radius 2 is 0.691 bits per heavy atom. The van der Waals surface area contributed by atoms with Crippen molar-refractivity contribution in [3.63, 3.8) is 0 Å². The van der Waals surface area contributed by atoms with Gasteiger partial charge in [0.1, 0.15) is 9.79 Å². The largest absolute Gasteiger partial charge is 0.224 e. The lowest BCUT2D eigenvalue weighted by molar-refractivity contribution is 0.555. The van der Waals surface area contributed by atoms with E-state index in [0.29, 0.717) is 22.6 Å². The van der Waals surface area contributed by atoms with Crippen LogP contribution in [0.1, 0.15) is 142 Å². The third kappa shape index (κ3) is 12.0. The topological polar surface area (TPSA) is 68.3 Å². The Kier molecular flexibility index (Phi) is 17.3. The molecule has 5 aromatic rings. The van der Waals surface area contributed by atoms with E-state index in [9.17, 15) is 16.8 Å². The van der Waals surface area contributed by atoms with Crippen molar-refractivity contribution in [2.75, 3.05) is 11.5 Å². The standard InChI is InChI=1S/C48H64O4S3/c1-3-5-7-9-11-13-15-17-19-25-37-54(49,50)47-45(43-35-27-31-39-29-21-23-33-41(39)43)53-46(44-36-28-32-40-30-22-24-34-42(40)44)48(47)55(51,52)38-26-20-18-16-14-12-10-8-6-4-2/h21-24,27-36H,3-20,25-26,37-38H2,1-2H3. The predicted molar refractivity (Wildman–Crippen MR) is 238 cm³/mol. The number of hydrogen-bond acceptors (Lipinski definition) is 5. The zero-order chi connectivity index (χ0) is 38.9. The molecule has 0 fully saturated rings. The summed E-state index contributed by atoms with van der Waals surface area (Å²) < 4.78 is 59.4. The molecule has 0 N–H and O–H groups in total. The number of unbranched alkanes of at least 4 members (excludes halogenated alkanes) is 18. The van der Waals surface area contributed by atoms with Crippen LogP contribution in [0.4, 0.5) is 0 Å². The normalized spacial score (nSPS) is 12.3. The van der Waals surface area contributed by atoms with Crippen LogP contribution in [0.3, 0.4) is 0 Å². The van der Waals surface area contributed by atoms with E-state index in [1.807, 2.05) is 84.9 Å². The minimum atomic E-state index is -3.99. The Morgan fingerprint density at radius 1 is 0.382 bits per heavy atom. The maximum Gasteiger partial charge on any atom is 0.181 e. The molecule has 0 atom stereocenters. The first-order valence-corrected chi connectivity index (χ1v) is 25.5. The number of hydrogen-bond donors (Lipinski definition) is 0. The van der Waals surface area contributed by atoms with Gasteiger partial charge in [-0.15, -0.1) is 11.3 Å². The van der Waals surface area contributed by atoms with Gasteiger partial charge in [-0.2, -0.15) is 0 Å². The smallest absolute Gasteiger partial charge is 0.181 e. The van der Waals surface area contributed by atoms with Gasteiger partial charge in [-0.3, -0.25) is 0 Å². The molecule has 1 aromatic heterocycles. The van der Waals surface area contributed by atoms with Crippen molar-refractivity contribution in [2.45, 2.75) is 152 Å². The maximum atomic E-state index is 14.9. The third-order valence-electron chi connectivity index (χ3n) is 11.0. The van der Waals surface area contributed by atoms with E-state index in [0.717, 1.165) is 71.2 Å². The van der Waals surface area contributed by atoms with Gasteiger partial charge in [0.15, 0.2) is 19.7 Å². The van der Waals surface area contributed by atoms with Crippen LogP contribution in [0.5, 0.6) is 0 Å². The van der Waals surface area contributed by atoms with Gasteiger partial charge in [0.05, 0.1) is 21.3 Å². The summed E-state index contributed by atoms with van der Waals surface area (Å²) in [6.45, 7) is 4.47. The van der Waals surface area contributed by atoms with Crippen LogP contribution in [0, 0.1) is 0 Å². The fourth-order valence-electron chi connectivity index (χ4n) is 7.93. The Hall–Kier alpha value is -3.00. The molecule has 0 aliphatic rings. The summed E-state index contributed by atoms with van der Waals surface area (Å²) in [6, 6.07) is 27.8. The molecule has 0 radical (unpaired) electrons. The van der Waals surface area contributed by atoms with Crippen LogP contribution in [-0.2, 0) is 19.7 Å². The molecule has 0 unspecified atom stereocenters. The van der Waals surface area contributed by atoms with E-state index >= 15 is 0 Å². The molecule has 298 valence electrons. The first kappa shape index (κ1) is 43.1. The number of thiophene rings is 1. The summed E-state index contributed by atoms with van der Waals surface area (Å²) in [6.07, 6.45) is 21.9. The Balaban J connectivity index is 1.50. The van der Waals surface area contributed by atoms with Crippen LogP contribution in [0.2, 0.25) is 0 Å². The highest BCUT2D eigenvalue weighted by Crippen LogP contribution is 2.50. The van der Waals surface area contributed by atoms with Gasteiger partial charge >= 0.3 is 0 Å². The van der Waals surface area contributed by atoms with Crippen molar-refractivity contribution in [2.24, 2.45) is 0 Å². The average Bonchev–Trinajstić information content (AvgIpc) is 3.61. The number of sulfone groups is 2. The van der Waals surface area contributed by atoms with Crippen LogP contribution in [0.15, 0.2) is 94.7 Å². The van der Waals surface area contributed by atoms with Crippen molar-refractivity contribution >= 4 is 52.6 Å². The molecule has 4 nitrogen and oxygen atoms in total. The zero-order valence-electron chi connectivity index (χ0n) is 33.5. The summed E-state index contributed by atoms with van der Waals surface area (Å²) >= 11 is 1.33. The summed E-state index contributed by atoms with van der Waals surface area (Å²) in [5.74, 6) is -0.124. The van der Waals surface area contributed by atoms with Crippen LogP contribution in [-0.4, -0.2) is 28.3 Å². The van der Waals surface area contributed by atoms with Gasteiger partial charge in [-0.05, 0) is 34.4 Å². The van der Waals surface area contributed by atoms with Gasteiger partial charge in [0.2, 0.25) is 0 Å². The van der Waals surface area contributed by atoms with Crippen molar-refractivity contribution < 1.29 is 16.8 Å². The first-order valence-electron chi connectivity index (χ1n) is 21.4. The summed E-state index contributed by atoms with van der Waals surface area (Å²) in [7, 11) is -7.98. The molecule has 0 saturated heterocycles. The van der Waals surface area contributed by atoms with Crippen LogP contribution in [0.25, 0.3) is 42.4 Å². The molecule has 55 heavy (non-hydrogen) atoms. The maximum absolute atomic E-state index is 14.9. The van der Waals surface area contributed by atoms with Crippen molar-refractivity contribution in [3.05, 3.63) is 84.9 Å². The predicted octanol–water partition coefficient (Wildman–Crippen LogP) is 14.8. The van der Waals surface area contributed by atoms with E-state index in [1.54, 1.807) is 0 Å². The number of benzene rings is 4. The second kappa shape index (κ2) is 22.1. The summed E-state index contributed by atoms with van der Waals surface area (Å²) in [5.41, 5.74) is 1.54. The van der Waals surface area contributed by atoms with E-state index in [4.69, 9.17) is 0 Å². The van der Waals surface area contributed by atoms with E-state index in [2.05, 4.69) is 13.8 Å². The fraction of sp³-hybridized carbons (Fsp3) is 0.500. The van der Waals surface area contributed by atoms with E-state index in [1.165, 1.54) is 88.4 Å². The molecular formula is C48H64O4S3. The third-order valence-corrected chi connectivity index (χ3v) is 16.4. The lowest BCUT2D eigenvalue weighted by atomic mass is 10.0. The van der Waals surface area contributed by atoms with Crippen LogP contribution >= 0.6 is 11.3 Å². The van der Waals surface area contributed by atoms with Crippen molar-refractivity contribution in [3.8, 4) is 20.9 Å². The fourth-order valence-corrected chi connectivity index (χ4v) is 14.1. The molecule has 1 heterocycles. The SMILES string of the molecule is CCCCCCCCCCCCS(=O)(=O)c1c(-c2cccc3ccccc23)sc(-c2cccc3ccccc23)c1S(=O)(=O)CCCCCCCCCCCC. The Morgan fingerprint density at radius 3 is 1.05 bits per heavy atom. The quantitative estimate of drug-likeness (QED) is 0.0522. The molecular weight excluding hydrogens is 737 g/mol. The highest BCUT2D eigenvalue weighted by molar-refractivity contribution is 7.95. The number of fused-ring (bicyclic) bond motifs is 2. The Bertz CT molecular complexity index is 1980. The molecule has 0 aliphatic heterocycles. The van der Waals surface area contributed by atoms with Gasteiger partial charge in [-0.1, -0.05) is 214 Å². The molecule has 0 amide bonds. The summed E-state index contributed by atoms with van der Waals surface area (Å²) in [4.78, 5) is 1.10. The van der Waals surface area contributed by atoms with Gasteiger partial charge < -0.3 is 0 Å². The Labute approximate surface area is 337 Å². The highest BCUT2D eigenvalue weighted by atomic mass is 32.2. The summed E-state index contributed by atoms with van der Waals surface area (Å²) in [5, 5.41) is 3.83. The lowest BCUT2D eigenvalue weighted by Crippen LogP contribution is -2.15. The lowest BCUT2D eigenvalue weighted by Gasteiger charge is -2.13. The van der Waals surface area contributed by atoms with E-state index < -0.39 is 19.7 Å². The van der Waals surface area contributed by atoms with Crippen molar-refractivity contribution in [1.82, 2.24) is 0 Å². The van der Waals surface area contributed by atoms with Gasteiger partial charge in [0, 0.05) is 11.1 Å². The molecule has 0 aliphatic carbocycles. The molecule has 0 spiro atoms. The van der Waals surface area contributed by atoms with Crippen molar-refractivity contribution in [1.29, 1.82) is 0 Å². The molecule has 0 bridgehead atoms. The molecule has 4 aromatic carbocycles. The average molecular weight is 801 g/mol. The van der Waals surface area contributed by atoms with Crippen LogP contribution < -0.4 is 0 Å². The monoisotopic (exact) mass is 800 g/mol. The van der Waals surface area contributed by atoms with Gasteiger partial charge in [-0.25, -0.2) is 16.8 Å². The second-order valence-corrected chi connectivity index (χ2v) is 20.6. The van der Waals surface area contributed by atoms with Gasteiger partial charge in [0.25, 0.3) is 0 Å². The zero-order valence-corrected chi connectivity index (χ0v) is 35.9. The van der Waals surface area contributed by atoms with E-state index in [-0.39, 0.29) is 21.3 Å². The minimum absolute atomic E-state index is 0.0137. The number of rotatable bonds is 26. The highest BCUT2D eigenvalue weighted by Gasteiger charge is 2.36. The molecule has 0 saturated carbocycles. The first-order chi connectivity index (χ1) is 26.8. The molecule has 5 rings (SSSR count). The minimum Gasteiger partial charge on any atom is -0.224 e. The molecule has 7 heteroatoms.